The molecule has 0 unspecified atom stereocenters. The molecule has 23 heavy (non-hydrogen) atoms. The summed E-state index contributed by atoms with van der Waals surface area (Å²) < 4.78 is 7.35. The number of rotatable bonds is 4. The van der Waals surface area contributed by atoms with Crippen LogP contribution in [-0.4, -0.2) is 32.8 Å². The van der Waals surface area contributed by atoms with Crippen LogP contribution in [0, 0.1) is 0 Å². The second-order valence-electron chi connectivity index (χ2n) is 4.55. The van der Waals surface area contributed by atoms with Gasteiger partial charge >= 0.3 is 0 Å². The third kappa shape index (κ3) is 3.37. The number of carbonyl (C=O) groups excluding carboxylic acids is 1. The number of halogens is 1. The molecule has 2 aromatic heterocycles. The summed E-state index contributed by atoms with van der Waals surface area (Å²) in [5.74, 6) is 0.965. The van der Waals surface area contributed by atoms with Gasteiger partial charge in [0.1, 0.15) is 18.4 Å². The Morgan fingerprint density at radius 1 is 1.30 bits per heavy atom. The number of ether oxygens (including phenoxy) is 1. The van der Waals surface area contributed by atoms with Crippen LogP contribution in [0.25, 0.3) is 5.82 Å². The fourth-order valence-corrected chi connectivity index (χ4v) is 2.35. The molecule has 0 atom stereocenters. The number of carbonyl (C=O) groups is 1. The first kappa shape index (κ1) is 15.2. The zero-order valence-corrected chi connectivity index (χ0v) is 13.7. The van der Waals surface area contributed by atoms with E-state index in [4.69, 9.17) is 4.74 Å². The smallest absolute Gasteiger partial charge is 0.256 e. The van der Waals surface area contributed by atoms with Crippen molar-refractivity contribution in [3.63, 3.8) is 0 Å². The SMILES string of the molecule is COc1ccc(Br)c(C(=O)Nc2ccc(-n3cncn3)nc2)c1. The number of benzene rings is 1. The second kappa shape index (κ2) is 6.57. The van der Waals surface area contributed by atoms with Crippen molar-refractivity contribution < 1.29 is 9.53 Å². The van der Waals surface area contributed by atoms with Crippen LogP contribution in [0.5, 0.6) is 5.75 Å². The molecule has 0 aliphatic rings. The average molecular weight is 374 g/mol. The Balaban J connectivity index is 1.78. The molecule has 3 aromatic rings. The molecule has 116 valence electrons. The van der Waals surface area contributed by atoms with Crippen LogP contribution < -0.4 is 10.1 Å². The highest BCUT2D eigenvalue weighted by atomic mass is 79.9. The van der Waals surface area contributed by atoms with E-state index < -0.39 is 0 Å². The van der Waals surface area contributed by atoms with Crippen LogP contribution in [-0.2, 0) is 0 Å². The van der Waals surface area contributed by atoms with Crippen molar-refractivity contribution in [3.05, 3.63) is 59.2 Å². The summed E-state index contributed by atoms with van der Waals surface area (Å²) in [4.78, 5) is 20.5. The molecule has 0 radical (unpaired) electrons. The van der Waals surface area contributed by atoms with E-state index in [9.17, 15) is 4.79 Å². The number of nitrogens with one attached hydrogen (secondary N) is 1. The predicted molar refractivity (Wildman–Crippen MR) is 87.8 cm³/mol. The van der Waals surface area contributed by atoms with Gasteiger partial charge in [-0.2, -0.15) is 5.10 Å². The van der Waals surface area contributed by atoms with Crippen molar-refractivity contribution in [2.45, 2.75) is 0 Å². The molecule has 2 heterocycles. The fourth-order valence-electron chi connectivity index (χ4n) is 1.93. The van der Waals surface area contributed by atoms with Gasteiger partial charge in [-0.3, -0.25) is 4.79 Å². The molecule has 1 aromatic carbocycles. The van der Waals surface area contributed by atoms with E-state index in [1.165, 1.54) is 11.0 Å². The lowest BCUT2D eigenvalue weighted by Crippen LogP contribution is -2.13. The molecule has 0 fully saturated rings. The maximum atomic E-state index is 12.4. The molecule has 0 spiro atoms. The molecule has 0 saturated carbocycles. The van der Waals surface area contributed by atoms with Gasteiger partial charge in [-0.25, -0.2) is 14.6 Å². The van der Waals surface area contributed by atoms with Crippen molar-refractivity contribution >= 4 is 27.5 Å². The van der Waals surface area contributed by atoms with Crippen LogP contribution in [0.1, 0.15) is 10.4 Å². The van der Waals surface area contributed by atoms with Crippen molar-refractivity contribution in [2.75, 3.05) is 12.4 Å². The number of methoxy groups -OCH3 is 1. The van der Waals surface area contributed by atoms with Gasteiger partial charge in [-0.1, -0.05) is 0 Å². The molecule has 1 amide bonds. The van der Waals surface area contributed by atoms with Gasteiger partial charge < -0.3 is 10.1 Å². The summed E-state index contributed by atoms with van der Waals surface area (Å²) >= 11 is 3.36. The van der Waals surface area contributed by atoms with Crippen LogP contribution >= 0.6 is 15.9 Å². The van der Waals surface area contributed by atoms with Crippen molar-refractivity contribution in [1.29, 1.82) is 0 Å². The van der Waals surface area contributed by atoms with Gasteiger partial charge in [0.15, 0.2) is 5.82 Å². The standard InChI is InChI=1S/C15H12BrN5O2/c1-23-11-3-4-13(16)12(6-11)15(22)20-10-2-5-14(18-7-10)21-9-17-8-19-21/h2-9H,1H3,(H,20,22). The molecule has 0 saturated heterocycles. The number of amides is 1. The highest BCUT2D eigenvalue weighted by Gasteiger charge is 2.12. The minimum absolute atomic E-state index is 0.258. The minimum Gasteiger partial charge on any atom is -0.497 e. The number of anilines is 1. The third-order valence-electron chi connectivity index (χ3n) is 3.08. The minimum atomic E-state index is -0.258. The largest absolute Gasteiger partial charge is 0.497 e. The number of pyridine rings is 1. The van der Waals surface area contributed by atoms with Crippen molar-refractivity contribution in [1.82, 2.24) is 19.7 Å². The van der Waals surface area contributed by atoms with Gasteiger partial charge in [-0.15, -0.1) is 0 Å². The first-order valence-corrected chi connectivity index (χ1v) is 7.42. The molecule has 0 aliphatic carbocycles. The van der Waals surface area contributed by atoms with E-state index in [2.05, 4.69) is 36.3 Å². The topological polar surface area (TPSA) is 81.9 Å². The summed E-state index contributed by atoms with van der Waals surface area (Å²) in [6.07, 6.45) is 4.54. The number of aromatic nitrogens is 4. The molecule has 3 rings (SSSR count). The molecule has 8 heteroatoms. The van der Waals surface area contributed by atoms with Crippen LogP contribution in [0.2, 0.25) is 0 Å². The average Bonchev–Trinajstić information content (AvgIpc) is 3.10. The quantitative estimate of drug-likeness (QED) is 0.760. The zero-order chi connectivity index (χ0) is 16.2. The number of hydrogen-bond acceptors (Lipinski definition) is 5. The summed E-state index contributed by atoms with van der Waals surface area (Å²) in [5.41, 5.74) is 1.05. The Morgan fingerprint density at radius 2 is 2.17 bits per heavy atom. The lowest BCUT2D eigenvalue weighted by molar-refractivity contribution is 0.102. The Labute approximate surface area is 140 Å². The maximum absolute atomic E-state index is 12.4. The fraction of sp³-hybridized carbons (Fsp3) is 0.0667. The van der Waals surface area contributed by atoms with Crippen LogP contribution in [0.4, 0.5) is 5.69 Å². The van der Waals surface area contributed by atoms with E-state index in [0.29, 0.717) is 27.3 Å². The highest BCUT2D eigenvalue weighted by Crippen LogP contribution is 2.23. The summed E-state index contributed by atoms with van der Waals surface area (Å²) in [6.45, 7) is 0. The van der Waals surface area contributed by atoms with Gasteiger partial charge in [0.25, 0.3) is 5.91 Å². The van der Waals surface area contributed by atoms with Crippen LogP contribution in [0.3, 0.4) is 0 Å². The maximum Gasteiger partial charge on any atom is 0.256 e. The summed E-state index contributed by atoms with van der Waals surface area (Å²) in [7, 11) is 1.55. The zero-order valence-electron chi connectivity index (χ0n) is 12.1. The molecule has 0 aliphatic heterocycles. The predicted octanol–water partition coefficient (Wildman–Crippen LogP) is 2.69. The molecular weight excluding hydrogens is 362 g/mol. The van der Waals surface area contributed by atoms with Gasteiger partial charge in [0.05, 0.1) is 24.6 Å². The Bertz CT molecular complexity index is 818. The summed E-state index contributed by atoms with van der Waals surface area (Å²) in [6, 6.07) is 8.69. The van der Waals surface area contributed by atoms with E-state index in [1.54, 1.807) is 50.0 Å². The molecule has 1 N–H and O–H groups in total. The first-order chi connectivity index (χ1) is 11.2. The van der Waals surface area contributed by atoms with Gasteiger partial charge in [0, 0.05) is 4.47 Å². The van der Waals surface area contributed by atoms with E-state index in [0.717, 1.165) is 0 Å². The lowest BCUT2D eigenvalue weighted by atomic mass is 10.2. The first-order valence-electron chi connectivity index (χ1n) is 6.63. The van der Waals surface area contributed by atoms with E-state index in [-0.39, 0.29) is 5.91 Å². The Morgan fingerprint density at radius 3 is 2.83 bits per heavy atom. The van der Waals surface area contributed by atoms with E-state index in [1.807, 2.05) is 0 Å². The highest BCUT2D eigenvalue weighted by molar-refractivity contribution is 9.10. The summed E-state index contributed by atoms with van der Waals surface area (Å²) in [5, 5.41) is 6.78. The molecular formula is C15H12BrN5O2. The lowest BCUT2D eigenvalue weighted by Gasteiger charge is -2.09. The van der Waals surface area contributed by atoms with Crippen molar-refractivity contribution in [3.8, 4) is 11.6 Å². The third-order valence-corrected chi connectivity index (χ3v) is 3.77. The normalized spacial score (nSPS) is 10.3. The van der Waals surface area contributed by atoms with Crippen LogP contribution in [0.15, 0.2) is 53.7 Å². The van der Waals surface area contributed by atoms with Crippen molar-refractivity contribution in [2.24, 2.45) is 0 Å². The second-order valence-corrected chi connectivity index (χ2v) is 5.40. The van der Waals surface area contributed by atoms with Gasteiger partial charge in [-0.05, 0) is 46.3 Å². The number of hydrogen-bond donors (Lipinski definition) is 1. The van der Waals surface area contributed by atoms with Gasteiger partial charge in [0.2, 0.25) is 0 Å². The Kier molecular flexibility index (Phi) is 4.33. The monoisotopic (exact) mass is 373 g/mol. The Hall–Kier alpha value is -2.74. The molecule has 7 nitrogen and oxygen atoms in total. The molecule has 0 bridgehead atoms. The van der Waals surface area contributed by atoms with E-state index >= 15 is 0 Å². The number of nitrogens with zero attached hydrogens (tertiary/aromatic N) is 4.